The standard InChI is InChI=1S/C12H14BrN.ClH/c13-12(10-4-2-1-3-5-10)11-6-8-14-9-7-11;/h1-5,14H,6-9H2;1H. The van der Waals surface area contributed by atoms with Crippen molar-refractivity contribution < 1.29 is 0 Å². The first kappa shape index (κ1) is 12.8. The molecule has 0 saturated carbocycles. The summed E-state index contributed by atoms with van der Waals surface area (Å²) < 4.78 is 1.29. The fourth-order valence-corrected chi connectivity index (χ4v) is 2.40. The Morgan fingerprint density at radius 2 is 1.67 bits per heavy atom. The first-order valence-electron chi connectivity index (χ1n) is 5.01. The quantitative estimate of drug-likeness (QED) is 0.832. The summed E-state index contributed by atoms with van der Waals surface area (Å²) in [6.45, 7) is 2.22. The van der Waals surface area contributed by atoms with E-state index in [1.165, 1.54) is 15.6 Å². The van der Waals surface area contributed by atoms with Gasteiger partial charge in [-0.05, 0) is 31.5 Å². The van der Waals surface area contributed by atoms with E-state index in [2.05, 4.69) is 51.6 Å². The molecule has 0 radical (unpaired) electrons. The van der Waals surface area contributed by atoms with Crippen LogP contribution in [0.3, 0.4) is 0 Å². The van der Waals surface area contributed by atoms with E-state index in [-0.39, 0.29) is 12.4 Å². The van der Waals surface area contributed by atoms with E-state index in [1.807, 2.05) is 0 Å². The summed E-state index contributed by atoms with van der Waals surface area (Å²) in [5, 5.41) is 3.37. The summed E-state index contributed by atoms with van der Waals surface area (Å²) >= 11 is 3.70. The minimum Gasteiger partial charge on any atom is -0.316 e. The average molecular weight is 289 g/mol. The molecule has 0 aromatic heterocycles. The van der Waals surface area contributed by atoms with E-state index in [0.717, 1.165) is 25.9 Å². The summed E-state index contributed by atoms with van der Waals surface area (Å²) in [7, 11) is 0. The van der Waals surface area contributed by atoms with Crippen LogP contribution in [0.1, 0.15) is 18.4 Å². The Labute approximate surface area is 105 Å². The summed E-state index contributed by atoms with van der Waals surface area (Å²) in [4.78, 5) is 0. The molecule has 2 rings (SSSR count). The van der Waals surface area contributed by atoms with Crippen LogP contribution in [0.4, 0.5) is 0 Å². The SMILES string of the molecule is BrC(=C1CCNCC1)c1ccccc1.Cl. The second-order valence-electron chi connectivity index (χ2n) is 3.53. The lowest BCUT2D eigenvalue weighted by Gasteiger charge is -2.17. The molecule has 0 atom stereocenters. The average Bonchev–Trinajstić information content (AvgIpc) is 2.30. The predicted octanol–water partition coefficient (Wildman–Crippen LogP) is 3.60. The third kappa shape index (κ3) is 3.33. The Hall–Kier alpha value is -0.310. The van der Waals surface area contributed by atoms with Crippen molar-refractivity contribution in [1.29, 1.82) is 0 Å². The normalized spacial score (nSPS) is 15.7. The van der Waals surface area contributed by atoms with E-state index in [4.69, 9.17) is 0 Å². The molecule has 1 aliphatic heterocycles. The molecule has 1 saturated heterocycles. The molecule has 0 amide bonds. The molecule has 1 heterocycles. The van der Waals surface area contributed by atoms with Gasteiger partial charge in [-0.2, -0.15) is 0 Å². The van der Waals surface area contributed by atoms with Gasteiger partial charge in [-0.3, -0.25) is 0 Å². The van der Waals surface area contributed by atoms with Gasteiger partial charge in [0.2, 0.25) is 0 Å². The second-order valence-corrected chi connectivity index (χ2v) is 4.33. The van der Waals surface area contributed by atoms with Crippen LogP contribution in [-0.4, -0.2) is 13.1 Å². The van der Waals surface area contributed by atoms with Crippen LogP contribution in [0.15, 0.2) is 35.9 Å². The van der Waals surface area contributed by atoms with Crippen LogP contribution in [0.25, 0.3) is 4.48 Å². The Balaban J connectivity index is 0.00000112. The number of piperidine rings is 1. The monoisotopic (exact) mass is 287 g/mol. The Kier molecular flexibility index (Phi) is 5.37. The van der Waals surface area contributed by atoms with Crippen molar-refractivity contribution in [3.05, 3.63) is 41.5 Å². The topological polar surface area (TPSA) is 12.0 Å². The Bertz CT molecular complexity index is 327. The van der Waals surface area contributed by atoms with Crippen LogP contribution >= 0.6 is 28.3 Å². The van der Waals surface area contributed by atoms with Crippen LogP contribution in [0.5, 0.6) is 0 Å². The second kappa shape index (κ2) is 6.31. The number of benzene rings is 1. The van der Waals surface area contributed by atoms with Gasteiger partial charge in [-0.1, -0.05) is 51.8 Å². The lowest BCUT2D eigenvalue weighted by molar-refractivity contribution is 0.613. The summed E-state index contributed by atoms with van der Waals surface area (Å²) in [6.07, 6.45) is 2.32. The number of hydrogen-bond acceptors (Lipinski definition) is 1. The summed E-state index contributed by atoms with van der Waals surface area (Å²) in [5.41, 5.74) is 2.83. The molecule has 1 N–H and O–H groups in total. The molecular formula is C12H15BrClN. The smallest absolute Gasteiger partial charge is 0.0240 e. The highest BCUT2D eigenvalue weighted by Crippen LogP contribution is 2.29. The van der Waals surface area contributed by atoms with Crippen molar-refractivity contribution in [2.24, 2.45) is 0 Å². The zero-order valence-electron chi connectivity index (χ0n) is 8.50. The minimum absolute atomic E-state index is 0. The lowest BCUT2D eigenvalue weighted by atomic mass is 10.0. The van der Waals surface area contributed by atoms with Crippen LogP contribution in [0, 0.1) is 0 Å². The van der Waals surface area contributed by atoms with E-state index in [9.17, 15) is 0 Å². The molecular weight excluding hydrogens is 273 g/mol. The first-order chi connectivity index (χ1) is 6.88. The minimum atomic E-state index is 0. The van der Waals surface area contributed by atoms with Crippen LogP contribution < -0.4 is 5.32 Å². The third-order valence-electron chi connectivity index (χ3n) is 2.54. The van der Waals surface area contributed by atoms with E-state index in [0.29, 0.717) is 0 Å². The summed E-state index contributed by atoms with van der Waals surface area (Å²) in [5.74, 6) is 0. The maximum atomic E-state index is 3.70. The van der Waals surface area contributed by atoms with Gasteiger partial charge in [-0.15, -0.1) is 12.4 Å². The van der Waals surface area contributed by atoms with Crippen molar-refractivity contribution in [1.82, 2.24) is 5.32 Å². The highest BCUT2D eigenvalue weighted by Gasteiger charge is 2.09. The largest absolute Gasteiger partial charge is 0.316 e. The zero-order valence-corrected chi connectivity index (χ0v) is 10.9. The highest BCUT2D eigenvalue weighted by atomic mass is 79.9. The van der Waals surface area contributed by atoms with Crippen molar-refractivity contribution in [3.8, 4) is 0 Å². The number of hydrogen-bond donors (Lipinski definition) is 1. The first-order valence-corrected chi connectivity index (χ1v) is 5.81. The molecule has 15 heavy (non-hydrogen) atoms. The predicted molar refractivity (Wildman–Crippen MR) is 71.6 cm³/mol. The van der Waals surface area contributed by atoms with Gasteiger partial charge in [0.1, 0.15) is 0 Å². The Morgan fingerprint density at radius 3 is 2.27 bits per heavy atom. The van der Waals surface area contributed by atoms with Crippen molar-refractivity contribution in [2.45, 2.75) is 12.8 Å². The molecule has 82 valence electrons. The van der Waals surface area contributed by atoms with Crippen molar-refractivity contribution in [2.75, 3.05) is 13.1 Å². The molecule has 1 aliphatic rings. The highest BCUT2D eigenvalue weighted by molar-refractivity contribution is 9.15. The van der Waals surface area contributed by atoms with Gasteiger partial charge >= 0.3 is 0 Å². The van der Waals surface area contributed by atoms with Gasteiger partial charge in [0.05, 0.1) is 0 Å². The number of rotatable bonds is 1. The summed E-state index contributed by atoms with van der Waals surface area (Å²) in [6, 6.07) is 10.5. The van der Waals surface area contributed by atoms with Gasteiger partial charge in [0.25, 0.3) is 0 Å². The van der Waals surface area contributed by atoms with E-state index >= 15 is 0 Å². The zero-order chi connectivity index (χ0) is 9.80. The van der Waals surface area contributed by atoms with Crippen LogP contribution in [-0.2, 0) is 0 Å². The van der Waals surface area contributed by atoms with Crippen molar-refractivity contribution >= 4 is 32.8 Å². The number of halogens is 2. The fourth-order valence-electron chi connectivity index (χ4n) is 1.74. The lowest BCUT2D eigenvalue weighted by Crippen LogP contribution is -2.23. The fraction of sp³-hybridized carbons (Fsp3) is 0.333. The van der Waals surface area contributed by atoms with Gasteiger partial charge in [-0.25, -0.2) is 0 Å². The van der Waals surface area contributed by atoms with Gasteiger partial charge in [0, 0.05) is 4.48 Å². The Morgan fingerprint density at radius 1 is 1.07 bits per heavy atom. The van der Waals surface area contributed by atoms with Gasteiger partial charge < -0.3 is 5.32 Å². The molecule has 0 bridgehead atoms. The van der Waals surface area contributed by atoms with Crippen LogP contribution in [0.2, 0.25) is 0 Å². The molecule has 1 aromatic rings. The molecule has 1 fully saturated rings. The maximum Gasteiger partial charge on any atom is 0.0240 e. The molecule has 3 heteroatoms. The van der Waals surface area contributed by atoms with Gasteiger partial charge in [0.15, 0.2) is 0 Å². The molecule has 1 aromatic carbocycles. The maximum absolute atomic E-state index is 3.70. The molecule has 0 spiro atoms. The van der Waals surface area contributed by atoms with E-state index in [1.54, 1.807) is 0 Å². The molecule has 1 nitrogen and oxygen atoms in total. The molecule has 0 aliphatic carbocycles. The number of nitrogens with one attached hydrogen (secondary N) is 1. The van der Waals surface area contributed by atoms with E-state index < -0.39 is 0 Å². The third-order valence-corrected chi connectivity index (χ3v) is 3.56. The molecule has 0 unspecified atom stereocenters. The van der Waals surface area contributed by atoms with Crippen molar-refractivity contribution in [3.63, 3.8) is 0 Å².